The summed E-state index contributed by atoms with van der Waals surface area (Å²) in [4.78, 5) is 14.3. The predicted octanol–water partition coefficient (Wildman–Crippen LogP) is 2.99. The highest BCUT2D eigenvalue weighted by atomic mass is 19.1. The minimum atomic E-state index is -0.693. The number of nitrogens with zero attached hydrogens (tertiary/aromatic N) is 1. The van der Waals surface area contributed by atoms with Gasteiger partial charge in [0.1, 0.15) is 5.82 Å². The molecule has 0 saturated heterocycles. The lowest BCUT2D eigenvalue weighted by Crippen LogP contribution is -2.06. The molecule has 6 heteroatoms. The van der Waals surface area contributed by atoms with Gasteiger partial charge in [0.25, 0.3) is 5.88 Å². The van der Waals surface area contributed by atoms with E-state index in [-0.39, 0.29) is 17.3 Å². The van der Waals surface area contributed by atoms with Gasteiger partial charge in [-0.25, -0.2) is 4.39 Å². The maximum absolute atomic E-state index is 13.6. The molecule has 122 valence electrons. The Labute approximate surface area is 134 Å². The number of hydrogen-bond donors (Lipinski definition) is 1. The zero-order valence-electron chi connectivity index (χ0n) is 12.7. The summed E-state index contributed by atoms with van der Waals surface area (Å²) in [5.74, 6) is -0.914. The highest BCUT2D eigenvalue weighted by Crippen LogP contribution is 2.19. The molecule has 23 heavy (non-hydrogen) atoms. The van der Waals surface area contributed by atoms with Crippen LogP contribution in [0.5, 0.6) is 5.88 Å². The second-order valence-electron chi connectivity index (χ2n) is 4.96. The summed E-state index contributed by atoms with van der Waals surface area (Å²) in [6, 6.07) is 10.9. The summed E-state index contributed by atoms with van der Waals surface area (Å²) >= 11 is 0. The van der Waals surface area contributed by atoms with Crippen LogP contribution in [0.4, 0.5) is 10.2 Å². The summed E-state index contributed by atoms with van der Waals surface area (Å²) in [7, 11) is 0. The highest BCUT2D eigenvalue weighted by molar-refractivity contribution is 5.81. The Hall–Kier alpha value is -2.47. The zero-order valence-corrected chi connectivity index (χ0v) is 12.7. The number of carbonyl (C=O) groups is 1. The molecule has 0 radical (unpaired) electrons. The van der Waals surface area contributed by atoms with E-state index < -0.39 is 5.82 Å². The van der Waals surface area contributed by atoms with Gasteiger partial charge in [-0.1, -0.05) is 30.3 Å². The Bertz CT molecular complexity index is 635. The summed E-state index contributed by atoms with van der Waals surface area (Å²) in [5, 5.41) is 0. The smallest absolute Gasteiger partial charge is 0.252 e. The van der Waals surface area contributed by atoms with Gasteiger partial charge >= 0.3 is 0 Å². The molecule has 0 saturated carbocycles. The number of ether oxygens (including phenoxy) is 2. The van der Waals surface area contributed by atoms with Gasteiger partial charge in [0.15, 0.2) is 12.1 Å². The number of unbranched alkanes of at least 4 members (excludes halogenated alkanes) is 1. The van der Waals surface area contributed by atoms with E-state index in [9.17, 15) is 9.18 Å². The number of pyridine rings is 1. The van der Waals surface area contributed by atoms with Gasteiger partial charge in [0.05, 0.1) is 18.8 Å². The molecule has 1 aromatic heterocycles. The Kier molecular flexibility index (Phi) is 6.50. The minimum Gasteiger partial charge on any atom is -0.476 e. The van der Waals surface area contributed by atoms with Gasteiger partial charge in [-0.2, -0.15) is 4.98 Å². The summed E-state index contributed by atoms with van der Waals surface area (Å²) in [5.41, 5.74) is 6.66. The number of nitrogen functional groups attached to an aromatic ring is 1. The number of benzene rings is 1. The maximum atomic E-state index is 13.6. The molecule has 0 spiro atoms. The van der Waals surface area contributed by atoms with Gasteiger partial charge in [0, 0.05) is 6.61 Å². The van der Waals surface area contributed by atoms with Crippen LogP contribution >= 0.6 is 0 Å². The number of aromatic nitrogens is 1. The third-order valence-electron chi connectivity index (χ3n) is 3.16. The lowest BCUT2D eigenvalue weighted by Gasteiger charge is -2.08. The predicted molar refractivity (Wildman–Crippen MR) is 84.8 cm³/mol. The molecule has 1 heterocycles. The third kappa shape index (κ3) is 5.34. The van der Waals surface area contributed by atoms with E-state index in [1.54, 1.807) is 0 Å². The first-order valence-electron chi connectivity index (χ1n) is 7.36. The number of aldehydes is 1. The quantitative estimate of drug-likeness (QED) is 0.568. The molecule has 2 rings (SSSR count). The normalized spacial score (nSPS) is 10.5. The van der Waals surface area contributed by atoms with Crippen molar-refractivity contribution < 1.29 is 18.7 Å². The average Bonchev–Trinajstić information content (AvgIpc) is 2.57. The van der Waals surface area contributed by atoms with Crippen LogP contribution in [0, 0.1) is 5.82 Å². The van der Waals surface area contributed by atoms with E-state index in [1.165, 1.54) is 0 Å². The van der Waals surface area contributed by atoms with Crippen molar-refractivity contribution in [2.45, 2.75) is 19.4 Å². The van der Waals surface area contributed by atoms with Crippen LogP contribution in [0.25, 0.3) is 0 Å². The largest absolute Gasteiger partial charge is 0.476 e. The molecule has 0 unspecified atom stereocenters. The van der Waals surface area contributed by atoms with Gasteiger partial charge in [-0.3, -0.25) is 4.79 Å². The summed E-state index contributed by atoms with van der Waals surface area (Å²) < 4.78 is 24.4. The fourth-order valence-electron chi connectivity index (χ4n) is 1.93. The Balaban J connectivity index is 1.64. The number of halogens is 1. The fraction of sp³-hybridized carbons (Fsp3) is 0.294. The van der Waals surface area contributed by atoms with Crippen molar-refractivity contribution in [3.63, 3.8) is 0 Å². The van der Waals surface area contributed by atoms with E-state index >= 15 is 0 Å². The van der Waals surface area contributed by atoms with E-state index in [1.807, 2.05) is 30.3 Å². The Morgan fingerprint density at radius 1 is 1.17 bits per heavy atom. The second-order valence-corrected chi connectivity index (χ2v) is 4.96. The first kappa shape index (κ1) is 16.9. The number of hydrogen-bond acceptors (Lipinski definition) is 5. The molecule has 0 atom stereocenters. The van der Waals surface area contributed by atoms with E-state index in [0.717, 1.165) is 18.1 Å². The van der Waals surface area contributed by atoms with Crippen LogP contribution in [-0.4, -0.2) is 24.5 Å². The van der Waals surface area contributed by atoms with Gasteiger partial charge < -0.3 is 15.2 Å². The highest BCUT2D eigenvalue weighted by Gasteiger charge is 2.10. The first-order chi connectivity index (χ1) is 11.2. The van der Waals surface area contributed by atoms with Crippen molar-refractivity contribution in [1.29, 1.82) is 0 Å². The molecular formula is C17H19FN2O3. The van der Waals surface area contributed by atoms with E-state index in [2.05, 4.69) is 4.98 Å². The molecular weight excluding hydrogens is 299 g/mol. The Morgan fingerprint density at radius 2 is 1.91 bits per heavy atom. The number of rotatable bonds is 9. The van der Waals surface area contributed by atoms with Crippen LogP contribution in [0.2, 0.25) is 0 Å². The number of anilines is 1. The van der Waals surface area contributed by atoms with Crippen LogP contribution < -0.4 is 10.5 Å². The van der Waals surface area contributed by atoms with Crippen molar-refractivity contribution >= 4 is 12.1 Å². The average molecular weight is 318 g/mol. The molecule has 2 aromatic rings. The van der Waals surface area contributed by atoms with E-state index in [4.69, 9.17) is 15.2 Å². The number of nitrogens with two attached hydrogens (primary N) is 1. The summed E-state index contributed by atoms with van der Waals surface area (Å²) in [6.07, 6.45) is 1.95. The van der Waals surface area contributed by atoms with Crippen molar-refractivity contribution in [2.75, 3.05) is 18.9 Å². The third-order valence-corrected chi connectivity index (χ3v) is 3.16. The lowest BCUT2D eigenvalue weighted by molar-refractivity contribution is 0.112. The van der Waals surface area contributed by atoms with Crippen molar-refractivity contribution in [3.8, 4) is 5.88 Å². The van der Waals surface area contributed by atoms with Gasteiger partial charge in [-0.05, 0) is 24.5 Å². The van der Waals surface area contributed by atoms with Crippen molar-refractivity contribution in [2.24, 2.45) is 0 Å². The molecule has 5 nitrogen and oxygen atoms in total. The lowest BCUT2D eigenvalue weighted by atomic mass is 10.2. The molecule has 1 aromatic carbocycles. The SMILES string of the molecule is Nc1nc(OCCCCOCc2ccccc2)c(F)cc1C=O. The fourth-order valence-corrected chi connectivity index (χ4v) is 1.93. The monoisotopic (exact) mass is 318 g/mol. The minimum absolute atomic E-state index is 0.0177. The zero-order chi connectivity index (χ0) is 16.5. The van der Waals surface area contributed by atoms with Gasteiger partial charge in [0.2, 0.25) is 0 Å². The van der Waals surface area contributed by atoms with Crippen LogP contribution in [0.3, 0.4) is 0 Å². The standard InChI is InChI=1S/C17H19FN2O3/c18-15-10-14(11-21)16(19)20-17(15)23-9-5-4-8-22-12-13-6-2-1-3-7-13/h1-3,6-7,10-11H,4-5,8-9,12H2,(H2,19,20). The summed E-state index contributed by atoms with van der Waals surface area (Å²) in [6.45, 7) is 1.47. The first-order valence-corrected chi connectivity index (χ1v) is 7.36. The maximum Gasteiger partial charge on any atom is 0.252 e. The van der Waals surface area contributed by atoms with Gasteiger partial charge in [-0.15, -0.1) is 0 Å². The molecule has 0 aliphatic carbocycles. The topological polar surface area (TPSA) is 74.4 Å². The molecule has 0 bridgehead atoms. The van der Waals surface area contributed by atoms with Crippen LogP contribution in [0.1, 0.15) is 28.8 Å². The van der Waals surface area contributed by atoms with Crippen LogP contribution in [-0.2, 0) is 11.3 Å². The number of carbonyl (C=O) groups excluding carboxylic acids is 1. The molecule has 0 amide bonds. The molecule has 0 aliphatic rings. The van der Waals surface area contributed by atoms with Crippen molar-refractivity contribution in [3.05, 3.63) is 53.3 Å². The van der Waals surface area contributed by atoms with Crippen molar-refractivity contribution in [1.82, 2.24) is 4.98 Å². The molecule has 2 N–H and O–H groups in total. The van der Waals surface area contributed by atoms with Crippen LogP contribution in [0.15, 0.2) is 36.4 Å². The Morgan fingerprint density at radius 3 is 2.65 bits per heavy atom. The molecule has 0 aliphatic heterocycles. The van der Waals surface area contributed by atoms with E-state index in [0.29, 0.717) is 32.5 Å². The molecule has 0 fully saturated rings. The second kappa shape index (κ2) is 8.85.